The minimum atomic E-state index is -0.768. The van der Waals surface area contributed by atoms with Crippen LogP contribution in [0.15, 0.2) is 70.8 Å². The van der Waals surface area contributed by atoms with Crippen LogP contribution < -0.4 is 15.6 Å². The molecule has 2 N–H and O–H groups in total. The van der Waals surface area contributed by atoms with E-state index in [1.165, 1.54) is 18.4 Å². The van der Waals surface area contributed by atoms with E-state index in [1.807, 2.05) is 35.7 Å². The molecule has 0 saturated heterocycles. The standard InChI is InChI=1S/C22H16N6O4S/c1-32-17-10-6-5-9-14(17)27-18(30)11-16(29)19(25-27)20(31)23-21-24-22-28(26-21)15(12-33-22)13-7-3-2-4-8-13/h2-12,29H,1H3,(H,23,26,31). The summed E-state index contributed by atoms with van der Waals surface area (Å²) in [4.78, 5) is 30.2. The van der Waals surface area contributed by atoms with Gasteiger partial charge in [-0.25, -0.2) is 4.52 Å². The number of thiazole rings is 1. The number of aromatic nitrogens is 5. The predicted octanol–water partition coefficient (Wildman–Crippen LogP) is 2.97. The van der Waals surface area contributed by atoms with Gasteiger partial charge in [-0.3, -0.25) is 14.9 Å². The molecule has 5 aromatic rings. The van der Waals surface area contributed by atoms with E-state index in [9.17, 15) is 14.7 Å². The van der Waals surface area contributed by atoms with E-state index in [0.717, 1.165) is 22.0 Å². The van der Waals surface area contributed by atoms with Crippen LogP contribution in [0.25, 0.3) is 21.9 Å². The first-order chi connectivity index (χ1) is 16.0. The van der Waals surface area contributed by atoms with Gasteiger partial charge in [0.05, 0.1) is 12.8 Å². The minimum absolute atomic E-state index is 0.0419. The molecule has 3 aromatic heterocycles. The van der Waals surface area contributed by atoms with Crippen molar-refractivity contribution < 1.29 is 14.6 Å². The van der Waals surface area contributed by atoms with Gasteiger partial charge in [-0.05, 0) is 12.1 Å². The molecule has 3 heterocycles. The number of nitrogens with one attached hydrogen (secondary N) is 1. The number of anilines is 1. The monoisotopic (exact) mass is 460 g/mol. The molecule has 0 spiro atoms. The molecule has 33 heavy (non-hydrogen) atoms. The second kappa shape index (κ2) is 8.20. The van der Waals surface area contributed by atoms with Crippen LogP contribution in [-0.4, -0.2) is 42.5 Å². The fourth-order valence-corrected chi connectivity index (χ4v) is 4.12. The Kier molecular flexibility index (Phi) is 5.07. The molecule has 1 amide bonds. The molecule has 5 rings (SSSR count). The first-order valence-corrected chi connectivity index (χ1v) is 10.6. The number of para-hydroxylation sites is 2. The number of hydrogen-bond donors (Lipinski definition) is 2. The molecule has 2 aromatic carbocycles. The van der Waals surface area contributed by atoms with Gasteiger partial charge in [0.2, 0.25) is 4.96 Å². The van der Waals surface area contributed by atoms with E-state index < -0.39 is 17.2 Å². The Hall–Kier alpha value is -4.51. The lowest BCUT2D eigenvalue weighted by Crippen LogP contribution is -2.25. The Morgan fingerprint density at radius 2 is 1.85 bits per heavy atom. The zero-order chi connectivity index (χ0) is 22.9. The lowest BCUT2D eigenvalue weighted by Gasteiger charge is -2.11. The van der Waals surface area contributed by atoms with Crippen LogP contribution in [0.1, 0.15) is 10.5 Å². The highest BCUT2D eigenvalue weighted by Gasteiger charge is 2.20. The molecule has 0 aliphatic carbocycles. The topological polar surface area (TPSA) is 124 Å². The number of methoxy groups -OCH3 is 1. The maximum atomic E-state index is 12.9. The predicted molar refractivity (Wildman–Crippen MR) is 122 cm³/mol. The highest BCUT2D eigenvalue weighted by molar-refractivity contribution is 7.15. The summed E-state index contributed by atoms with van der Waals surface area (Å²) in [6.45, 7) is 0. The number of ether oxygens (including phenoxy) is 1. The van der Waals surface area contributed by atoms with Crippen LogP contribution in [0.4, 0.5) is 5.95 Å². The van der Waals surface area contributed by atoms with Crippen LogP contribution in [0.2, 0.25) is 0 Å². The number of rotatable bonds is 5. The first kappa shape index (κ1) is 20.4. The second-order valence-electron chi connectivity index (χ2n) is 6.87. The van der Waals surface area contributed by atoms with Gasteiger partial charge in [-0.1, -0.05) is 42.5 Å². The Balaban J connectivity index is 1.49. The van der Waals surface area contributed by atoms with Crippen LogP contribution in [0, 0.1) is 0 Å². The van der Waals surface area contributed by atoms with E-state index in [-0.39, 0.29) is 11.6 Å². The van der Waals surface area contributed by atoms with Gasteiger partial charge in [0, 0.05) is 17.0 Å². The van der Waals surface area contributed by atoms with Crippen molar-refractivity contribution in [2.24, 2.45) is 0 Å². The fourth-order valence-electron chi connectivity index (χ4n) is 3.29. The van der Waals surface area contributed by atoms with Gasteiger partial charge < -0.3 is 9.84 Å². The molecule has 10 nitrogen and oxygen atoms in total. The van der Waals surface area contributed by atoms with Gasteiger partial charge >= 0.3 is 0 Å². The number of nitrogens with zero attached hydrogens (tertiary/aromatic N) is 5. The van der Waals surface area contributed by atoms with Gasteiger partial charge in [0.1, 0.15) is 11.4 Å². The van der Waals surface area contributed by atoms with E-state index in [4.69, 9.17) is 4.74 Å². The largest absolute Gasteiger partial charge is 0.505 e. The zero-order valence-corrected chi connectivity index (χ0v) is 18.0. The number of benzene rings is 2. The number of carbonyl (C=O) groups is 1. The molecule has 164 valence electrons. The summed E-state index contributed by atoms with van der Waals surface area (Å²) in [7, 11) is 1.46. The quantitative estimate of drug-likeness (QED) is 0.413. The van der Waals surface area contributed by atoms with Gasteiger partial charge in [-0.2, -0.15) is 14.8 Å². The fraction of sp³-hybridized carbons (Fsp3) is 0.0455. The summed E-state index contributed by atoms with van der Waals surface area (Å²) in [6.07, 6.45) is 0. The van der Waals surface area contributed by atoms with Gasteiger partial charge in [0.25, 0.3) is 17.4 Å². The van der Waals surface area contributed by atoms with Crippen LogP contribution in [0.5, 0.6) is 11.5 Å². The Bertz CT molecular complexity index is 1540. The molecule has 0 aliphatic heterocycles. The summed E-state index contributed by atoms with van der Waals surface area (Å²) in [5.41, 5.74) is 1.12. The Labute approximate surface area is 190 Å². The third kappa shape index (κ3) is 3.70. The van der Waals surface area contributed by atoms with Crippen molar-refractivity contribution in [1.82, 2.24) is 24.4 Å². The van der Waals surface area contributed by atoms with Gasteiger partial charge in [-0.15, -0.1) is 16.4 Å². The lowest BCUT2D eigenvalue weighted by atomic mass is 10.2. The Morgan fingerprint density at radius 1 is 1.09 bits per heavy atom. The van der Waals surface area contributed by atoms with E-state index >= 15 is 0 Å². The summed E-state index contributed by atoms with van der Waals surface area (Å²) in [5, 5.41) is 23.1. The number of hydrogen-bond acceptors (Lipinski definition) is 8. The van der Waals surface area contributed by atoms with Crippen molar-refractivity contribution in [3.63, 3.8) is 0 Å². The molecular weight excluding hydrogens is 444 g/mol. The zero-order valence-electron chi connectivity index (χ0n) is 17.2. The third-order valence-corrected chi connectivity index (χ3v) is 5.63. The molecule has 0 saturated carbocycles. The van der Waals surface area contributed by atoms with Crippen molar-refractivity contribution >= 4 is 28.2 Å². The second-order valence-corrected chi connectivity index (χ2v) is 7.71. The third-order valence-electron chi connectivity index (χ3n) is 4.82. The molecule has 0 unspecified atom stereocenters. The van der Waals surface area contributed by atoms with Crippen molar-refractivity contribution in [3.8, 4) is 28.4 Å². The maximum Gasteiger partial charge on any atom is 0.282 e. The summed E-state index contributed by atoms with van der Waals surface area (Å²) in [6, 6.07) is 17.3. The molecule has 0 aliphatic rings. The SMILES string of the molecule is COc1ccccc1-n1nc(C(=O)Nc2nc3scc(-c4ccccc4)n3n2)c(O)cc1=O. The van der Waals surface area contributed by atoms with Crippen LogP contribution >= 0.6 is 11.3 Å². The molecule has 0 atom stereocenters. The molecule has 0 radical (unpaired) electrons. The average Bonchev–Trinajstić information content (AvgIpc) is 3.40. The lowest BCUT2D eigenvalue weighted by molar-refractivity contribution is 0.101. The maximum absolute atomic E-state index is 12.9. The van der Waals surface area contributed by atoms with Crippen LogP contribution in [0.3, 0.4) is 0 Å². The normalized spacial score (nSPS) is 10.9. The Morgan fingerprint density at radius 3 is 2.64 bits per heavy atom. The highest BCUT2D eigenvalue weighted by atomic mass is 32.1. The minimum Gasteiger partial charge on any atom is -0.505 e. The summed E-state index contributed by atoms with van der Waals surface area (Å²) in [5.74, 6) is -0.904. The van der Waals surface area contributed by atoms with E-state index in [2.05, 4.69) is 20.5 Å². The molecule has 0 bridgehead atoms. The first-order valence-electron chi connectivity index (χ1n) is 9.73. The number of fused-ring (bicyclic) bond motifs is 1. The molecular formula is C22H16N6O4S. The van der Waals surface area contributed by atoms with Crippen molar-refractivity contribution in [3.05, 3.63) is 82.1 Å². The number of carbonyl (C=O) groups excluding carboxylic acids is 1. The summed E-state index contributed by atoms with van der Waals surface area (Å²) >= 11 is 1.38. The number of amides is 1. The van der Waals surface area contributed by atoms with Crippen molar-refractivity contribution in [2.45, 2.75) is 0 Å². The van der Waals surface area contributed by atoms with Gasteiger partial charge in [0.15, 0.2) is 11.4 Å². The number of aromatic hydroxyl groups is 1. The van der Waals surface area contributed by atoms with Crippen LogP contribution in [-0.2, 0) is 0 Å². The van der Waals surface area contributed by atoms with Crippen molar-refractivity contribution in [1.29, 1.82) is 0 Å². The molecule has 0 fully saturated rings. The molecule has 11 heteroatoms. The smallest absolute Gasteiger partial charge is 0.282 e. The average molecular weight is 460 g/mol. The highest BCUT2D eigenvalue weighted by Crippen LogP contribution is 2.26. The summed E-state index contributed by atoms with van der Waals surface area (Å²) < 4.78 is 7.88. The van der Waals surface area contributed by atoms with Crippen molar-refractivity contribution in [2.75, 3.05) is 12.4 Å². The van der Waals surface area contributed by atoms with E-state index in [1.54, 1.807) is 28.8 Å². The van der Waals surface area contributed by atoms with E-state index in [0.29, 0.717) is 16.4 Å².